The number of nitrogens with one attached hydrogen (secondary N) is 1. The Labute approximate surface area is 475 Å². The molecule has 0 saturated heterocycles. The van der Waals surface area contributed by atoms with Crippen molar-refractivity contribution in [2.75, 3.05) is 13.2 Å². The number of esters is 1. The zero-order valence-electron chi connectivity index (χ0n) is 51.5. The Morgan fingerprint density at radius 1 is 0.355 bits per heavy atom. The summed E-state index contributed by atoms with van der Waals surface area (Å²) in [6.07, 6.45) is 82.2. The Bertz CT molecular complexity index is 1190. The van der Waals surface area contributed by atoms with Gasteiger partial charge in [0.15, 0.2) is 0 Å². The molecule has 1 amide bonds. The van der Waals surface area contributed by atoms with Crippen LogP contribution in [0.5, 0.6) is 0 Å². The maximum absolute atomic E-state index is 12.5. The van der Waals surface area contributed by atoms with Gasteiger partial charge in [-0.05, 0) is 77.0 Å². The monoisotopic (exact) mass is 1070 g/mol. The van der Waals surface area contributed by atoms with Crippen LogP contribution in [0.15, 0.2) is 24.3 Å². The number of aliphatic hydroxyl groups excluding tert-OH is 2. The van der Waals surface area contributed by atoms with E-state index < -0.39 is 12.1 Å². The smallest absolute Gasteiger partial charge is 0.305 e. The van der Waals surface area contributed by atoms with E-state index in [4.69, 9.17) is 4.74 Å². The number of hydrogen-bond donors (Lipinski definition) is 3. The Balaban J connectivity index is 3.35. The highest BCUT2D eigenvalue weighted by Gasteiger charge is 2.20. The molecule has 0 bridgehead atoms. The Morgan fingerprint density at radius 2 is 0.618 bits per heavy atom. The van der Waals surface area contributed by atoms with Gasteiger partial charge in [0.2, 0.25) is 5.91 Å². The summed E-state index contributed by atoms with van der Waals surface area (Å²) in [5.41, 5.74) is 0. The third kappa shape index (κ3) is 61.6. The van der Waals surface area contributed by atoms with Gasteiger partial charge < -0.3 is 20.3 Å². The molecule has 0 heterocycles. The molecule has 0 aliphatic carbocycles. The molecule has 0 rings (SSSR count). The van der Waals surface area contributed by atoms with Gasteiger partial charge in [-0.25, -0.2) is 0 Å². The fourth-order valence-electron chi connectivity index (χ4n) is 10.9. The number of carbonyl (C=O) groups excluding carboxylic acids is 2. The number of unbranched alkanes of at least 4 members (excludes halogenated alkanes) is 50. The summed E-state index contributed by atoms with van der Waals surface area (Å²) in [6.45, 7) is 4.97. The van der Waals surface area contributed by atoms with Gasteiger partial charge in [-0.2, -0.15) is 0 Å². The third-order valence-corrected chi connectivity index (χ3v) is 16.2. The molecule has 450 valence electrons. The summed E-state index contributed by atoms with van der Waals surface area (Å²) in [6, 6.07) is -0.540. The molecule has 0 spiro atoms. The van der Waals surface area contributed by atoms with Crippen molar-refractivity contribution in [2.45, 2.75) is 398 Å². The van der Waals surface area contributed by atoms with Crippen molar-refractivity contribution in [1.29, 1.82) is 0 Å². The van der Waals surface area contributed by atoms with Crippen LogP contribution in [0.25, 0.3) is 0 Å². The van der Waals surface area contributed by atoms with Crippen LogP contribution < -0.4 is 5.32 Å². The highest BCUT2D eigenvalue weighted by molar-refractivity contribution is 5.76. The number of carbonyl (C=O) groups is 2. The first-order chi connectivity index (χ1) is 37.5. The number of allylic oxidation sites excluding steroid dienone is 4. The van der Waals surface area contributed by atoms with E-state index >= 15 is 0 Å². The zero-order chi connectivity index (χ0) is 55.0. The lowest BCUT2D eigenvalue weighted by molar-refractivity contribution is -0.143. The molecule has 2 unspecified atom stereocenters. The van der Waals surface area contributed by atoms with Crippen LogP contribution in [0.3, 0.4) is 0 Å². The number of hydrogen-bond acceptors (Lipinski definition) is 5. The summed E-state index contributed by atoms with van der Waals surface area (Å²) in [5, 5.41) is 23.3. The van der Waals surface area contributed by atoms with Gasteiger partial charge >= 0.3 is 5.97 Å². The predicted octanol–water partition coefficient (Wildman–Crippen LogP) is 22.1. The molecular formula is C70H135NO5. The molecular weight excluding hydrogens is 935 g/mol. The molecule has 0 aliphatic rings. The first-order valence-corrected chi connectivity index (χ1v) is 34.6. The van der Waals surface area contributed by atoms with E-state index in [9.17, 15) is 19.8 Å². The average molecular weight is 1070 g/mol. The Morgan fingerprint density at radius 3 is 0.934 bits per heavy atom. The van der Waals surface area contributed by atoms with Crippen LogP contribution in [0.1, 0.15) is 386 Å². The van der Waals surface area contributed by atoms with Crippen molar-refractivity contribution < 1.29 is 24.5 Å². The number of aliphatic hydroxyl groups is 2. The first-order valence-electron chi connectivity index (χ1n) is 34.6. The molecule has 2 atom stereocenters. The highest BCUT2D eigenvalue weighted by Crippen LogP contribution is 2.18. The number of amides is 1. The number of ether oxygens (including phenoxy) is 1. The van der Waals surface area contributed by atoms with Crippen LogP contribution in [-0.2, 0) is 14.3 Å². The molecule has 0 radical (unpaired) electrons. The van der Waals surface area contributed by atoms with Crippen LogP contribution in [0.2, 0.25) is 0 Å². The Kier molecular flexibility index (Phi) is 64.4. The van der Waals surface area contributed by atoms with Gasteiger partial charge in [0.25, 0.3) is 0 Å². The molecule has 0 aliphatic heterocycles. The van der Waals surface area contributed by atoms with E-state index in [-0.39, 0.29) is 18.5 Å². The Hall–Kier alpha value is -1.66. The van der Waals surface area contributed by atoms with Crippen LogP contribution in [-0.4, -0.2) is 47.4 Å². The standard InChI is InChI=1S/C70H135NO5/c1-3-5-7-9-11-13-15-17-18-32-36-40-44-48-52-56-60-64-70(75)76-65-61-57-53-49-45-41-37-34-31-29-27-25-23-21-19-20-22-24-26-28-30-33-35-39-43-47-51-55-59-63-69(74)71-67(66-72)68(73)62-58-54-50-46-42-38-16-14-12-10-8-6-4-2/h17-19,21,67-68,72-73H,3-16,20,22-66H2,1-2H3,(H,71,74)/b18-17-,21-19-. The summed E-state index contributed by atoms with van der Waals surface area (Å²) in [5.74, 6) is -0.0186. The molecule has 0 aromatic heterocycles. The van der Waals surface area contributed by atoms with Gasteiger partial charge in [0, 0.05) is 12.8 Å². The normalized spacial score (nSPS) is 12.6. The highest BCUT2D eigenvalue weighted by atomic mass is 16.5. The molecule has 0 aromatic carbocycles. The van der Waals surface area contributed by atoms with Crippen molar-refractivity contribution in [2.24, 2.45) is 0 Å². The second-order valence-corrected chi connectivity index (χ2v) is 23.9. The molecule has 0 saturated carbocycles. The predicted molar refractivity (Wildman–Crippen MR) is 333 cm³/mol. The second kappa shape index (κ2) is 65.9. The van der Waals surface area contributed by atoms with E-state index in [1.165, 1.54) is 308 Å². The van der Waals surface area contributed by atoms with Gasteiger partial charge in [0.1, 0.15) is 0 Å². The van der Waals surface area contributed by atoms with E-state index in [1.54, 1.807) is 0 Å². The van der Waals surface area contributed by atoms with Crippen molar-refractivity contribution in [3.8, 4) is 0 Å². The largest absolute Gasteiger partial charge is 0.466 e. The van der Waals surface area contributed by atoms with Crippen LogP contribution in [0.4, 0.5) is 0 Å². The fourth-order valence-corrected chi connectivity index (χ4v) is 10.9. The molecule has 6 nitrogen and oxygen atoms in total. The maximum atomic E-state index is 12.5. The lowest BCUT2D eigenvalue weighted by atomic mass is 10.0. The second-order valence-electron chi connectivity index (χ2n) is 23.9. The fraction of sp³-hybridized carbons (Fsp3) is 0.914. The minimum atomic E-state index is -0.663. The van der Waals surface area contributed by atoms with Gasteiger partial charge in [-0.15, -0.1) is 0 Å². The summed E-state index contributed by atoms with van der Waals surface area (Å²) < 4.78 is 5.50. The van der Waals surface area contributed by atoms with Crippen molar-refractivity contribution in [3.05, 3.63) is 24.3 Å². The average Bonchev–Trinajstić information content (AvgIpc) is 3.42. The van der Waals surface area contributed by atoms with E-state index in [0.717, 1.165) is 44.9 Å². The minimum Gasteiger partial charge on any atom is -0.466 e. The zero-order valence-corrected chi connectivity index (χ0v) is 51.5. The van der Waals surface area contributed by atoms with Gasteiger partial charge in [-0.1, -0.05) is 321 Å². The SMILES string of the molecule is CCCCCCCC/C=C\CCCCCCCCCC(=O)OCCCCCCCCCCCCCC/C=C\CCCCCCCCCCCCCCCC(=O)NC(CO)C(O)CCCCCCCCCCCCCCC. The van der Waals surface area contributed by atoms with Crippen LogP contribution in [0, 0.1) is 0 Å². The lowest BCUT2D eigenvalue weighted by Crippen LogP contribution is -2.45. The number of rotatable bonds is 65. The van der Waals surface area contributed by atoms with E-state index in [0.29, 0.717) is 25.9 Å². The molecule has 0 aromatic rings. The van der Waals surface area contributed by atoms with E-state index in [1.807, 2.05) is 0 Å². The first kappa shape index (κ1) is 74.3. The molecule has 3 N–H and O–H groups in total. The molecule has 0 fully saturated rings. The minimum absolute atomic E-state index is 0.0138. The third-order valence-electron chi connectivity index (χ3n) is 16.2. The summed E-state index contributed by atoms with van der Waals surface area (Å²) in [4.78, 5) is 24.6. The van der Waals surface area contributed by atoms with Crippen molar-refractivity contribution in [3.63, 3.8) is 0 Å². The summed E-state index contributed by atoms with van der Waals surface area (Å²) in [7, 11) is 0. The van der Waals surface area contributed by atoms with Crippen LogP contribution >= 0.6 is 0 Å². The quantitative estimate of drug-likeness (QED) is 0.0320. The van der Waals surface area contributed by atoms with Gasteiger partial charge in [-0.3, -0.25) is 9.59 Å². The summed E-state index contributed by atoms with van der Waals surface area (Å²) >= 11 is 0. The maximum Gasteiger partial charge on any atom is 0.305 e. The molecule has 76 heavy (non-hydrogen) atoms. The molecule has 6 heteroatoms. The topological polar surface area (TPSA) is 95.9 Å². The lowest BCUT2D eigenvalue weighted by Gasteiger charge is -2.22. The van der Waals surface area contributed by atoms with Gasteiger partial charge in [0.05, 0.1) is 25.4 Å². The van der Waals surface area contributed by atoms with E-state index in [2.05, 4.69) is 43.5 Å². The van der Waals surface area contributed by atoms with Crippen molar-refractivity contribution >= 4 is 11.9 Å². The van der Waals surface area contributed by atoms with Crippen molar-refractivity contribution in [1.82, 2.24) is 5.32 Å².